The average molecular weight is 289 g/mol. The van der Waals surface area contributed by atoms with Gasteiger partial charge < -0.3 is 11.1 Å². The van der Waals surface area contributed by atoms with Crippen LogP contribution in [-0.2, 0) is 6.42 Å². The molecule has 20 heavy (non-hydrogen) atoms. The minimum Gasteiger partial charge on any atom is -0.388 e. The number of rotatable bonds is 5. The molecule has 0 aliphatic carbocycles. The zero-order valence-corrected chi connectivity index (χ0v) is 12.0. The minimum atomic E-state index is -0.225. The summed E-state index contributed by atoms with van der Waals surface area (Å²) in [5.74, 6) is -0.225. The van der Waals surface area contributed by atoms with E-state index in [1.807, 2.05) is 19.1 Å². The van der Waals surface area contributed by atoms with Crippen LogP contribution in [0.2, 0.25) is 0 Å². The first-order chi connectivity index (χ1) is 9.56. The van der Waals surface area contributed by atoms with Crippen LogP contribution in [0.15, 0.2) is 42.6 Å². The van der Waals surface area contributed by atoms with Crippen molar-refractivity contribution in [3.8, 4) is 0 Å². The maximum Gasteiger partial charge on any atom is 0.124 e. The van der Waals surface area contributed by atoms with Crippen LogP contribution in [0.4, 0.5) is 10.1 Å². The van der Waals surface area contributed by atoms with Crippen molar-refractivity contribution in [1.29, 1.82) is 0 Å². The zero-order chi connectivity index (χ0) is 14.5. The fourth-order valence-corrected chi connectivity index (χ4v) is 2.17. The number of anilines is 1. The van der Waals surface area contributed by atoms with Crippen LogP contribution in [0.3, 0.4) is 0 Å². The molecule has 0 amide bonds. The smallest absolute Gasteiger partial charge is 0.124 e. The summed E-state index contributed by atoms with van der Waals surface area (Å²) in [4.78, 5) is 4.44. The molecule has 1 aromatic carbocycles. The first kappa shape index (κ1) is 14.4. The van der Waals surface area contributed by atoms with E-state index in [1.165, 1.54) is 12.1 Å². The third-order valence-electron chi connectivity index (χ3n) is 2.90. The summed E-state index contributed by atoms with van der Waals surface area (Å²) in [6, 6.07) is 10.4. The summed E-state index contributed by atoms with van der Waals surface area (Å²) in [5, 5.41) is 3.33. The van der Waals surface area contributed by atoms with E-state index in [1.54, 1.807) is 18.3 Å². The molecule has 2 rings (SSSR count). The van der Waals surface area contributed by atoms with Crippen LogP contribution in [0.5, 0.6) is 0 Å². The van der Waals surface area contributed by atoms with Crippen molar-refractivity contribution in [2.24, 2.45) is 5.73 Å². The second-order valence-corrected chi connectivity index (χ2v) is 5.08. The lowest BCUT2D eigenvalue weighted by Gasteiger charge is -2.17. The molecule has 0 saturated heterocycles. The molecule has 1 atom stereocenters. The summed E-state index contributed by atoms with van der Waals surface area (Å²) < 4.78 is 12.9. The van der Waals surface area contributed by atoms with Crippen molar-refractivity contribution in [2.75, 3.05) is 5.32 Å². The number of nitrogens with two attached hydrogens (primary N) is 1. The van der Waals surface area contributed by atoms with E-state index in [0.29, 0.717) is 5.69 Å². The summed E-state index contributed by atoms with van der Waals surface area (Å²) in [5.41, 5.74) is 8.11. The fraction of sp³-hybridized carbons (Fsp3) is 0.200. The number of hydrogen-bond donors (Lipinski definition) is 2. The van der Waals surface area contributed by atoms with E-state index in [9.17, 15) is 4.39 Å². The number of aromatic nitrogens is 1. The highest BCUT2D eigenvalue weighted by Crippen LogP contribution is 2.15. The minimum absolute atomic E-state index is 0.151. The Morgan fingerprint density at radius 2 is 2.05 bits per heavy atom. The molecule has 0 fully saturated rings. The Morgan fingerprint density at radius 1 is 1.35 bits per heavy atom. The molecule has 0 saturated carbocycles. The molecule has 2 aromatic rings. The van der Waals surface area contributed by atoms with Gasteiger partial charge in [0.25, 0.3) is 0 Å². The SMILES string of the molecule is CC(Cc1ccc(F)cc1)Nc1cccnc1C(N)=S. The Hall–Kier alpha value is -2.01. The molecular formula is C15H16FN3S. The average Bonchev–Trinajstić information content (AvgIpc) is 2.41. The molecule has 1 heterocycles. The Morgan fingerprint density at radius 3 is 2.70 bits per heavy atom. The molecule has 1 unspecified atom stereocenters. The number of pyridine rings is 1. The van der Waals surface area contributed by atoms with E-state index < -0.39 is 0 Å². The highest BCUT2D eigenvalue weighted by atomic mass is 32.1. The molecule has 5 heteroatoms. The first-order valence-corrected chi connectivity index (χ1v) is 6.73. The number of thiocarbonyl (C=S) groups is 1. The van der Waals surface area contributed by atoms with Crippen molar-refractivity contribution in [3.63, 3.8) is 0 Å². The highest BCUT2D eigenvalue weighted by molar-refractivity contribution is 7.80. The largest absolute Gasteiger partial charge is 0.388 e. The quantitative estimate of drug-likeness (QED) is 0.831. The van der Waals surface area contributed by atoms with Crippen LogP contribution in [0.1, 0.15) is 18.2 Å². The van der Waals surface area contributed by atoms with E-state index in [-0.39, 0.29) is 16.8 Å². The number of hydrogen-bond acceptors (Lipinski definition) is 3. The summed E-state index contributed by atoms with van der Waals surface area (Å²) >= 11 is 4.98. The molecular weight excluding hydrogens is 273 g/mol. The Labute approximate surface area is 123 Å². The van der Waals surface area contributed by atoms with Crippen LogP contribution >= 0.6 is 12.2 Å². The van der Waals surface area contributed by atoms with E-state index >= 15 is 0 Å². The maximum atomic E-state index is 12.9. The lowest BCUT2D eigenvalue weighted by molar-refractivity contribution is 0.626. The second kappa shape index (κ2) is 6.43. The Bertz CT molecular complexity index is 598. The summed E-state index contributed by atoms with van der Waals surface area (Å²) in [6.07, 6.45) is 2.43. The van der Waals surface area contributed by atoms with Crippen molar-refractivity contribution < 1.29 is 4.39 Å². The zero-order valence-electron chi connectivity index (χ0n) is 11.1. The van der Waals surface area contributed by atoms with Gasteiger partial charge in [-0.3, -0.25) is 4.98 Å². The number of benzene rings is 1. The standard InChI is InChI=1S/C15H16FN3S/c1-10(9-11-4-6-12(16)7-5-11)19-13-3-2-8-18-14(13)15(17)20/h2-8,10,19H,9H2,1H3,(H2,17,20). The predicted molar refractivity (Wildman–Crippen MR) is 83.3 cm³/mol. The monoisotopic (exact) mass is 289 g/mol. The van der Waals surface area contributed by atoms with Crippen LogP contribution < -0.4 is 11.1 Å². The van der Waals surface area contributed by atoms with Gasteiger partial charge in [0, 0.05) is 12.2 Å². The van der Waals surface area contributed by atoms with Gasteiger partial charge in [0.1, 0.15) is 16.5 Å². The third kappa shape index (κ3) is 3.74. The fourth-order valence-electron chi connectivity index (χ4n) is 2.01. The van der Waals surface area contributed by atoms with Crippen LogP contribution in [0, 0.1) is 5.82 Å². The third-order valence-corrected chi connectivity index (χ3v) is 3.09. The van der Waals surface area contributed by atoms with Crippen LogP contribution in [0.25, 0.3) is 0 Å². The number of nitrogens with zero attached hydrogens (tertiary/aromatic N) is 1. The first-order valence-electron chi connectivity index (χ1n) is 6.32. The van der Waals surface area contributed by atoms with E-state index in [4.69, 9.17) is 18.0 Å². The van der Waals surface area contributed by atoms with Gasteiger partial charge in [-0.15, -0.1) is 0 Å². The molecule has 0 aliphatic heterocycles. The Kier molecular flexibility index (Phi) is 4.63. The van der Waals surface area contributed by atoms with Gasteiger partial charge in [-0.25, -0.2) is 4.39 Å². The van der Waals surface area contributed by atoms with Gasteiger partial charge >= 0.3 is 0 Å². The molecule has 0 radical (unpaired) electrons. The van der Waals surface area contributed by atoms with Gasteiger partial charge in [0.2, 0.25) is 0 Å². The topological polar surface area (TPSA) is 50.9 Å². The van der Waals surface area contributed by atoms with E-state index in [0.717, 1.165) is 17.7 Å². The normalized spacial score (nSPS) is 11.9. The van der Waals surface area contributed by atoms with Gasteiger partial charge in [-0.2, -0.15) is 0 Å². The molecule has 0 bridgehead atoms. The number of halogens is 1. The van der Waals surface area contributed by atoms with Crippen molar-refractivity contribution in [2.45, 2.75) is 19.4 Å². The Balaban J connectivity index is 2.06. The summed E-state index contributed by atoms with van der Waals surface area (Å²) in [6.45, 7) is 2.04. The lowest BCUT2D eigenvalue weighted by Crippen LogP contribution is -2.22. The molecule has 1 aromatic heterocycles. The second-order valence-electron chi connectivity index (χ2n) is 4.64. The van der Waals surface area contributed by atoms with Gasteiger partial charge in [0.15, 0.2) is 0 Å². The van der Waals surface area contributed by atoms with Crippen molar-refractivity contribution >= 4 is 22.9 Å². The molecule has 0 spiro atoms. The summed E-state index contributed by atoms with van der Waals surface area (Å²) in [7, 11) is 0. The molecule has 3 nitrogen and oxygen atoms in total. The van der Waals surface area contributed by atoms with Gasteiger partial charge in [0.05, 0.1) is 5.69 Å². The molecule has 0 aliphatic rings. The van der Waals surface area contributed by atoms with Crippen LogP contribution in [-0.4, -0.2) is 16.0 Å². The van der Waals surface area contributed by atoms with Gasteiger partial charge in [-0.1, -0.05) is 24.4 Å². The predicted octanol–water partition coefficient (Wildman–Crippen LogP) is 2.90. The number of nitrogens with one attached hydrogen (secondary N) is 1. The van der Waals surface area contributed by atoms with Gasteiger partial charge in [-0.05, 0) is 43.2 Å². The van der Waals surface area contributed by atoms with E-state index in [2.05, 4.69) is 10.3 Å². The van der Waals surface area contributed by atoms with Crippen molar-refractivity contribution in [3.05, 3.63) is 59.7 Å². The molecule has 3 N–H and O–H groups in total. The van der Waals surface area contributed by atoms with Crippen molar-refractivity contribution in [1.82, 2.24) is 4.98 Å². The maximum absolute atomic E-state index is 12.9. The lowest BCUT2D eigenvalue weighted by atomic mass is 10.1. The molecule has 104 valence electrons. The highest BCUT2D eigenvalue weighted by Gasteiger charge is 2.09.